The molecule has 0 saturated carbocycles. The molecule has 6 nitrogen and oxygen atoms in total. The van der Waals surface area contributed by atoms with Gasteiger partial charge in [0.25, 0.3) is 5.91 Å². The van der Waals surface area contributed by atoms with E-state index in [1.807, 2.05) is 42.2 Å². The van der Waals surface area contributed by atoms with Gasteiger partial charge in [-0.15, -0.1) is 0 Å². The third-order valence-corrected chi connectivity index (χ3v) is 6.77. The number of nitrogens with zero attached hydrogens (tertiary/aromatic N) is 3. The van der Waals surface area contributed by atoms with Crippen molar-refractivity contribution in [3.63, 3.8) is 0 Å². The Kier molecular flexibility index (Phi) is 4.10. The van der Waals surface area contributed by atoms with E-state index in [-0.39, 0.29) is 11.5 Å². The lowest BCUT2D eigenvalue weighted by Crippen LogP contribution is -2.40. The summed E-state index contributed by atoms with van der Waals surface area (Å²) >= 11 is 0. The molecule has 6 heteroatoms. The molecule has 5 rings (SSSR count). The molecule has 28 heavy (non-hydrogen) atoms. The Morgan fingerprint density at radius 2 is 2.11 bits per heavy atom. The van der Waals surface area contributed by atoms with Gasteiger partial charge in [0.2, 0.25) is 0 Å². The van der Waals surface area contributed by atoms with Crippen LogP contribution in [-0.4, -0.2) is 66.3 Å². The van der Waals surface area contributed by atoms with E-state index in [4.69, 9.17) is 9.26 Å². The van der Waals surface area contributed by atoms with Crippen LogP contribution in [0.3, 0.4) is 0 Å². The molecule has 1 spiro atoms. The summed E-state index contributed by atoms with van der Waals surface area (Å²) in [6.07, 6.45) is 2.52. The number of rotatable bonds is 4. The first kappa shape index (κ1) is 17.9. The number of aromatic nitrogens is 1. The lowest BCUT2D eigenvalue weighted by molar-refractivity contribution is 0.00255. The molecule has 4 atom stereocenters. The Balaban J connectivity index is 1.43. The summed E-state index contributed by atoms with van der Waals surface area (Å²) in [5.74, 6) is 1.50. The zero-order chi connectivity index (χ0) is 19.5. The van der Waals surface area contributed by atoms with E-state index < -0.39 is 0 Å². The maximum Gasteiger partial charge on any atom is 0.259 e. The third-order valence-electron chi connectivity index (χ3n) is 6.77. The fourth-order valence-electron chi connectivity index (χ4n) is 5.59. The Morgan fingerprint density at radius 1 is 1.32 bits per heavy atom. The Labute approximate surface area is 165 Å². The van der Waals surface area contributed by atoms with Gasteiger partial charge in [0, 0.05) is 30.5 Å². The minimum absolute atomic E-state index is 0.0111. The predicted molar refractivity (Wildman–Crippen MR) is 105 cm³/mol. The minimum atomic E-state index is -0.154. The van der Waals surface area contributed by atoms with Crippen molar-refractivity contribution in [2.75, 3.05) is 33.7 Å². The molecule has 1 aromatic heterocycles. The summed E-state index contributed by atoms with van der Waals surface area (Å²) in [7, 11) is 4.23. The summed E-state index contributed by atoms with van der Waals surface area (Å²) in [4.78, 5) is 17.7. The van der Waals surface area contributed by atoms with Gasteiger partial charge in [-0.1, -0.05) is 35.5 Å². The maximum atomic E-state index is 13.5. The number of ether oxygens (including phenoxy) is 1. The van der Waals surface area contributed by atoms with E-state index in [9.17, 15) is 4.79 Å². The van der Waals surface area contributed by atoms with Crippen LogP contribution in [0.1, 0.15) is 29.0 Å². The molecule has 1 aromatic carbocycles. The minimum Gasteiger partial charge on any atom is -0.369 e. The fourth-order valence-corrected chi connectivity index (χ4v) is 5.59. The normalized spacial score (nSPS) is 31.0. The van der Waals surface area contributed by atoms with Gasteiger partial charge in [0.05, 0.1) is 18.2 Å². The van der Waals surface area contributed by atoms with Crippen LogP contribution in [0.25, 0.3) is 11.3 Å². The molecule has 2 bridgehead atoms. The van der Waals surface area contributed by atoms with Crippen molar-refractivity contribution in [3.8, 4) is 11.3 Å². The van der Waals surface area contributed by atoms with Crippen LogP contribution in [0.15, 0.2) is 34.9 Å². The van der Waals surface area contributed by atoms with Crippen molar-refractivity contribution in [1.82, 2.24) is 15.0 Å². The van der Waals surface area contributed by atoms with Gasteiger partial charge in [-0.3, -0.25) is 4.79 Å². The second-order valence-corrected chi connectivity index (χ2v) is 8.81. The Bertz CT molecular complexity index is 894. The van der Waals surface area contributed by atoms with Crippen LogP contribution in [0, 0.1) is 18.8 Å². The maximum absolute atomic E-state index is 13.5. The number of amides is 1. The molecule has 3 aliphatic heterocycles. The van der Waals surface area contributed by atoms with Crippen LogP contribution in [0.2, 0.25) is 0 Å². The molecule has 0 unspecified atom stereocenters. The second kappa shape index (κ2) is 6.42. The molecule has 4 heterocycles. The van der Waals surface area contributed by atoms with Gasteiger partial charge >= 0.3 is 0 Å². The third kappa shape index (κ3) is 2.62. The number of aryl methyl sites for hydroxylation is 1. The molecule has 0 N–H and O–H groups in total. The van der Waals surface area contributed by atoms with Crippen LogP contribution < -0.4 is 0 Å². The van der Waals surface area contributed by atoms with E-state index in [0.717, 1.165) is 31.5 Å². The number of fused-ring (bicyclic) bond motifs is 1. The molecule has 2 aromatic rings. The van der Waals surface area contributed by atoms with E-state index in [2.05, 4.69) is 24.2 Å². The van der Waals surface area contributed by atoms with Crippen molar-refractivity contribution < 1.29 is 14.1 Å². The fraction of sp³-hybridized carbons (Fsp3) is 0.545. The topological polar surface area (TPSA) is 58.8 Å². The van der Waals surface area contributed by atoms with Gasteiger partial charge in [-0.05, 0) is 33.9 Å². The lowest BCUT2D eigenvalue weighted by Gasteiger charge is -2.30. The quantitative estimate of drug-likeness (QED) is 0.815. The summed E-state index contributed by atoms with van der Waals surface area (Å²) in [6, 6.07) is 9.78. The van der Waals surface area contributed by atoms with Crippen molar-refractivity contribution >= 4 is 5.91 Å². The standard InChI is InChI=1S/C22H27N3O3/c1-14-19(20(23-28-14)15-7-5-4-6-8-15)21(26)25-12-17-16(11-24(2)3)18-9-10-22(17,13-25)27-18/h4-8,16-18H,9-13H2,1-3H3/t16-,17+,18+,22+/m1/s1. The van der Waals surface area contributed by atoms with Crippen molar-refractivity contribution in [1.29, 1.82) is 0 Å². The van der Waals surface area contributed by atoms with Crippen LogP contribution in [-0.2, 0) is 4.74 Å². The molecular weight excluding hydrogens is 354 g/mol. The van der Waals surface area contributed by atoms with Gasteiger partial charge in [0.1, 0.15) is 17.0 Å². The van der Waals surface area contributed by atoms with Crippen LogP contribution in [0.5, 0.6) is 0 Å². The van der Waals surface area contributed by atoms with Crippen molar-refractivity contribution in [3.05, 3.63) is 41.7 Å². The molecular formula is C22H27N3O3. The average molecular weight is 381 g/mol. The Morgan fingerprint density at radius 3 is 2.86 bits per heavy atom. The SMILES string of the molecule is Cc1onc(-c2ccccc2)c1C(=O)N1C[C@H]2[C@@H](CN(C)C)[C@@H]3CC[C@@]2(C1)O3. The van der Waals surface area contributed by atoms with Gasteiger partial charge in [-0.2, -0.15) is 0 Å². The van der Waals surface area contributed by atoms with Crippen LogP contribution in [0.4, 0.5) is 0 Å². The van der Waals surface area contributed by atoms with Crippen molar-refractivity contribution in [2.45, 2.75) is 31.5 Å². The van der Waals surface area contributed by atoms with Crippen molar-refractivity contribution in [2.24, 2.45) is 11.8 Å². The molecule has 3 saturated heterocycles. The number of likely N-dealkylation sites (tertiary alicyclic amines) is 1. The number of benzene rings is 1. The van der Waals surface area contributed by atoms with Crippen LogP contribution >= 0.6 is 0 Å². The molecule has 148 valence electrons. The van der Waals surface area contributed by atoms with Gasteiger partial charge in [0.15, 0.2) is 0 Å². The van der Waals surface area contributed by atoms with Gasteiger partial charge in [-0.25, -0.2) is 0 Å². The molecule has 3 aliphatic rings. The number of carbonyl (C=O) groups is 1. The highest BCUT2D eigenvalue weighted by Crippen LogP contribution is 2.55. The first-order chi connectivity index (χ1) is 13.5. The molecule has 0 radical (unpaired) electrons. The highest BCUT2D eigenvalue weighted by atomic mass is 16.5. The number of hydrogen-bond acceptors (Lipinski definition) is 5. The molecule has 1 amide bonds. The van der Waals surface area contributed by atoms with E-state index in [1.54, 1.807) is 0 Å². The summed E-state index contributed by atoms with van der Waals surface area (Å²) < 4.78 is 11.9. The van der Waals surface area contributed by atoms with E-state index in [1.165, 1.54) is 0 Å². The highest BCUT2D eigenvalue weighted by Gasteiger charge is 2.63. The molecule has 3 fully saturated rings. The largest absolute Gasteiger partial charge is 0.369 e. The predicted octanol–water partition coefficient (Wildman–Crippen LogP) is 2.83. The zero-order valence-corrected chi connectivity index (χ0v) is 16.7. The van der Waals surface area contributed by atoms with Gasteiger partial charge < -0.3 is 19.1 Å². The number of hydrogen-bond donors (Lipinski definition) is 0. The molecule has 0 aliphatic carbocycles. The highest BCUT2D eigenvalue weighted by molar-refractivity contribution is 6.01. The summed E-state index contributed by atoms with van der Waals surface area (Å²) in [5, 5.41) is 4.19. The second-order valence-electron chi connectivity index (χ2n) is 8.81. The smallest absolute Gasteiger partial charge is 0.259 e. The monoisotopic (exact) mass is 381 g/mol. The summed E-state index contributed by atoms with van der Waals surface area (Å²) in [5.41, 5.74) is 1.97. The average Bonchev–Trinajstić information content (AvgIpc) is 3.42. The Hall–Kier alpha value is -2.18. The lowest BCUT2D eigenvalue weighted by atomic mass is 9.73. The van der Waals surface area contributed by atoms with E-state index >= 15 is 0 Å². The van der Waals surface area contributed by atoms with E-state index in [0.29, 0.717) is 41.5 Å². The first-order valence-corrected chi connectivity index (χ1v) is 10.1. The first-order valence-electron chi connectivity index (χ1n) is 10.1. The number of carbonyl (C=O) groups excluding carboxylic acids is 1. The zero-order valence-electron chi connectivity index (χ0n) is 16.7. The summed E-state index contributed by atoms with van der Waals surface area (Å²) in [6.45, 7) is 4.27.